The first-order valence-corrected chi connectivity index (χ1v) is 11.6. The van der Waals surface area contributed by atoms with Gasteiger partial charge in [-0.1, -0.05) is 29.8 Å². The molecule has 28 heavy (non-hydrogen) atoms. The molecule has 1 aromatic rings. The minimum absolute atomic E-state index is 0.169. The second kappa shape index (κ2) is 7.96. The molecule has 0 spiro atoms. The van der Waals surface area contributed by atoms with Gasteiger partial charge in [-0.25, -0.2) is 0 Å². The molecular formula is C18H24O8S2. The maximum atomic E-state index is 11.6. The molecule has 0 saturated heterocycles. The van der Waals surface area contributed by atoms with Gasteiger partial charge in [-0.2, -0.15) is 16.8 Å². The van der Waals surface area contributed by atoms with E-state index < -0.39 is 36.8 Å². The van der Waals surface area contributed by atoms with Crippen molar-refractivity contribution in [3.05, 3.63) is 52.8 Å². The lowest BCUT2D eigenvalue weighted by atomic mass is 9.84. The highest BCUT2D eigenvalue weighted by Gasteiger charge is 2.48. The minimum atomic E-state index is -4.65. The Morgan fingerprint density at radius 1 is 1.07 bits per heavy atom. The van der Waals surface area contributed by atoms with Gasteiger partial charge in [0.05, 0.1) is 4.90 Å². The molecule has 2 atom stereocenters. The Hall–Kier alpha value is -1.72. The van der Waals surface area contributed by atoms with Gasteiger partial charge >= 0.3 is 0 Å². The maximum absolute atomic E-state index is 11.6. The number of benzene rings is 1. The highest BCUT2D eigenvalue weighted by Crippen LogP contribution is 2.36. The molecule has 0 aliphatic heterocycles. The highest BCUT2D eigenvalue weighted by atomic mass is 32.2. The zero-order valence-corrected chi connectivity index (χ0v) is 17.2. The van der Waals surface area contributed by atoms with Gasteiger partial charge in [0.15, 0.2) is 0 Å². The zero-order valence-electron chi connectivity index (χ0n) is 15.5. The summed E-state index contributed by atoms with van der Waals surface area (Å²) in [6.07, 6.45) is 3.10. The van der Waals surface area contributed by atoms with Crippen LogP contribution in [0.3, 0.4) is 0 Å². The second-order valence-corrected chi connectivity index (χ2v) is 9.97. The van der Waals surface area contributed by atoms with Gasteiger partial charge < -0.3 is 10.2 Å². The number of aryl methyl sites for hydroxylation is 2. The molecule has 1 aliphatic rings. The summed E-state index contributed by atoms with van der Waals surface area (Å²) < 4.78 is 65.0. The Bertz CT molecular complexity index is 1020. The molecule has 10 heteroatoms. The zero-order chi connectivity index (χ0) is 21.3. The van der Waals surface area contributed by atoms with E-state index in [4.69, 9.17) is 0 Å². The minimum Gasteiger partial charge on any atom is -0.509 e. The summed E-state index contributed by atoms with van der Waals surface area (Å²) in [4.78, 5) is -0.202. The lowest BCUT2D eigenvalue weighted by Crippen LogP contribution is -2.49. The number of unbranched alkanes of at least 4 members (excludes halogenated alkanes) is 1. The largest absolute Gasteiger partial charge is 0.509 e. The lowest BCUT2D eigenvalue weighted by molar-refractivity contribution is 0.0257. The Labute approximate surface area is 164 Å². The molecule has 0 saturated carbocycles. The fourth-order valence-electron chi connectivity index (χ4n) is 3.42. The summed E-state index contributed by atoms with van der Waals surface area (Å²) in [5.41, 5.74) is -0.679. The van der Waals surface area contributed by atoms with E-state index in [0.717, 1.165) is 11.6 Å². The Balaban J connectivity index is 2.17. The summed E-state index contributed by atoms with van der Waals surface area (Å²) in [5, 5.41) is 19.3. The van der Waals surface area contributed by atoms with E-state index in [2.05, 4.69) is 0 Å². The SMILES string of the molecule is CC1=C(O)C(O)(CCCCc2cc(C)ccc2S(=O)(=O)O)C(S(=O)(=O)O)C=C1. The average Bonchev–Trinajstić information content (AvgIpc) is 2.54. The number of hydrogen-bond acceptors (Lipinski definition) is 6. The van der Waals surface area contributed by atoms with Crippen LogP contribution < -0.4 is 0 Å². The van der Waals surface area contributed by atoms with Crippen LogP contribution in [0.25, 0.3) is 0 Å². The van der Waals surface area contributed by atoms with Crippen molar-refractivity contribution in [2.45, 2.75) is 55.3 Å². The molecule has 1 aliphatic carbocycles. The predicted octanol–water partition coefficient (Wildman–Crippen LogP) is 2.34. The molecule has 156 valence electrons. The van der Waals surface area contributed by atoms with Gasteiger partial charge in [-0.3, -0.25) is 9.11 Å². The summed E-state index contributed by atoms with van der Waals surface area (Å²) in [7, 11) is -9.04. The molecule has 2 unspecified atom stereocenters. The first-order valence-electron chi connectivity index (χ1n) is 8.61. The van der Waals surface area contributed by atoms with E-state index in [1.807, 2.05) is 0 Å². The molecule has 0 bridgehead atoms. The van der Waals surface area contributed by atoms with E-state index >= 15 is 0 Å². The summed E-state index contributed by atoms with van der Waals surface area (Å²) >= 11 is 0. The normalized spacial score (nSPS) is 23.2. The van der Waals surface area contributed by atoms with E-state index in [1.165, 1.54) is 19.1 Å². The molecule has 0 heterocycles. The van der Waals surface area contributed by atoms with Gasteiger partial charge in [0.2, 0.25) is 0 Å². The van der Waals surface area contributed by atoms with Crippen molar-refractivity contribution in [1.82, 2.24) is 0 Å². The smallest absolute Gasteiger partial charge is 0.294 e. The number of aliphatic hydroxyl groups is 2. The van der Waals surface area contributed by atoms with Crippen LogP contribution in [0.2, 0.25) is 0 Å². The van der Waals surface area contributed by atoms with Crippen LogP contribution in [-0.2, 0) is 26.7 Å². The number of rotatable bonds is 7. The third-order valence-electron chi connectivity index (χ3n) is 4.84. The van der Waals surface area contributed by atoms with Crippen molar-refractivity contribution in [2.24, 2.45) is 0 Å². The maximum Gasteiger partial charge on any atom is 0.294 e. The fourth-order valence-corrected chi connectivity index (χ4v) is 5.15. The first-order chi connectivity index (χ1) is 12.8. The van der Waals surface area contributed by atoms with Crippen LogP contribution >= 0.6 is 0 Å². The summed E-state index contributed by atoms with van der Waals surface area (Å²) in [6.45, 7) is 3.28. The van der Waals surface area contributed by atoms with Crippen molar-refractivity contribution < 1.29 is 36.2 Å². The Morgan fingerprint density at radius 2 is 1.71 bits per heavy atom. The summed E-state index contributed by atoms with van der Waals surface area (Å²) in [6, 6.07) is 4.50. The van der Waals surface area contributed by atoms with Gasteiger partial charge in [0.25, 0.3) is 20.2 Å². The van der Waals surface area contributed by atoms with Crippen molar-refractivity contribution in [1.29, 1.82) is 0 Å². The van der Waals surface area contributed by atoms with Crippen molar-refractivity contribution in [2.75, 3.05) is 0 Å². The number of hydrogen-bond donors (Lipinski definition) is 4. The van der Waals surface area contributed by atoms with Crippen molar-refractivity contribution in [3.8, 4) is 0 Å². The Morgan fingerprint density at radius 3 is 2.29 bits per heavy atom. The third kappa shape index (κ3) is 4.81. The first kappa shape index (κ1) is 22.6. The molecule has 0 amide bonds. The third-order valence-corrected chi connectivity index (χ3v) is 6.99. The molecule has 1 aromatic carbocycles. The van der Waals surface area contributed by atoms with Crippen LogP contribution in [0.15, 0.2) is 46.6 Å². The van der Waals surface area contributed by atoms with Crippen LogP contribution in [-0.4, -0.2) is 47.0 Å². The second-order valence-electron chi connectivity index (χ2n) is 7.04. The van der Waals surface area contributed by atoms with Crippen LogP contribution in [0.1, 0.15) is 37.3 Å². The fraction of sp³-hybridized carbons (Fsp3) is 0.444. The molecule has 2 rings (SSSR count). The molecule has 0 radical (unpaired) electrons. The quantitative estimate of drug-likeness (QED) is 0.379. The van der Waals surface area contributed by atoms with E-state index in [0.29, 0.717) is 12.0 Å². The molecular weight excluding hydrogens is 408 g/mol. The standard InChI is InChI=1S/C18H24O8S2/c1-12-6-8-15(27(21,22)23)14(11-12)5-3-4-10-18(20)16(28(24,25)26)9-7-13(2)17(18)19/h6-9,11,16,19-20H,3-5,10H2,1-2H3,(H,21,22,23)(H,24,25,26). The predicted molar refractivity (Wildman–Crippen MR) is 103 cm³/mol. The van der Waals surface area contributed by atoms with Crippen molar-refractivity contribution >= 4 is 20.2 Å². The van der Waals surface area contributed by atoms with Gasteiger partial charge in [0, 0.05) is 0 Å². The Kier molecular flexibility index (Phi) is 6.41. The van der Waals surface area contributed by atoms with E-state index in [-0.39, 0.29) is 29.7 Å². The molecule has 0 fully saturated rings. The van der Waals surface area contributed by atoms with Gasteiger partial charge in [-0.15, -0.1) is 0 Å². The number of allylic oxidation sites excluding steroid dienone is 2. The van der Waals surface area contributed by atoms with E-state index in [1.54, 1.807) is 19.1 Å². The monoisotopic (exact) mass is 432 g/mol. The molecule has 0 aromatic heterocycles. The molecule has 4 N–H and O–H groups in total. The van der Waals surface area contributed by atoms with Crippen LogP contribution in [0, 0.1) is 6.92 Å². The highest BCUT2D eigenvalue weighted by molar-refractivity contribution is 7.86. The van der Waals surface area contributed by atoms with E-state index in [9.17, 15) is 36.2 Å². The van der Waals surface area contributed by atoms with Crippen LogP contribution in [0.5, 0.6) is 0 Å². The van der Waals surface area contributed by atoms with Gasteiger partial charge in [-0.05, 0) is 56.7 Å². The summed E-state index contributed by atoms with van der Waals surface area (Å²) in [5.74, 6) is -0.521. The number of aliphatic hydroxyl groups excluding tert-OH is 1. The molecule has 8 nitrogen and oxygen atoms in total. The van der Waals surface area contributed by atoms with Crippen LogP contribution in [0.4, 0.5) is 0 Å². The van der Waals surface area contributed by atoms with Gasteiger partial charge in [0.1, 0.15) is 16.6 Å². The van der Waals surface area contributed by atoms with Crippen molar-refractivity contribution in [3.63, 3.8) is 0 Å². The topological polar surface area (TPSA) is 149 Å². The average molecular weight is 433 g/mol. The lowest BCUT2D eigenvalue weighted by Gasteiger charge is -2.35.